The van der Waals surface area contributed by atoms with Gasteiger partial charge in [-0.2, -0.15) is 0 Å². The van der Waals surface area contributed by atoms with Crippen LogP contribution in [0.25, 0.3) is 0 Å². The summed E-state index contributed by atoms with van der Waals surface area (Å²) in [6.07, 6.45) is 4.37. The summed E-state index contributed by atoms with van der Waals surface area (Å²) >= 11 is 6.34. The zero-order chi connectivity index (χ0) is 36.0. The van der Waals surface area contributed by atoms with Crippen LogP contribution < -0.4 is 16.0 Å². The Hall–Kier alpha value is -3.87. The van der Waals surface area contributed by atoms with Gasteiger partial charge in [0.1, 0.15) is 11.7 Å². The molecule has 0 aliphatic heterocycles. The van der Waals surface area contributed by atoms with Crippen LogP contribution >= 0.6 is 11.6 Å². The van der Waals surface area contributed by atoms with Crippen LogP contribution in [0.4, 0.5) is 9.59 Å². The second-order valence-electron chi connectivity index (χ2n) is 13.3. The van der Waals surface area contributed by atoms with Gasteiger partial charge in [-0.25, -0.2) is 9.59 Å². The fraction of sp³-hybridized carbons (Fsp3) is 0.556. The first kappa shape index (κ1) is 39.6. The van der Waals surface area contributed by atoms with E-state index in [1.807, 2.05) is 6.07 Å². The molecule has 0 saturated heterocycles. The summed E-state index contributed by atoms with van der Waals surface area (Å²) in [6, 6.07) is 11.4. The van der Waals surface area contributed by atoms with Crippen molar-refractivity contribution in [3.63, 3.8) is 0 Å². The van der Waals surface area contributed by atoms with E-state index in [4.69, 9.17) is 21.1 Å². The van der Waals surface area contributed by atoms with E-state index in [0.717, 1.165) is 25.7 Å². The number of carbonyl (C=O) groups is 4. The van der Waals surface area contributed by atoms with Gasteiger partial charge in [-0.05, 0) is 74.6 Å². The van der Waals surface area contributed by atoms with E-state index in [1.54, 1.807) is 58.2 Å². The van der Waals surface area contributed by atoms with Crippen molar-refractivity contribution < 1.29 is 38.5 Å². The molecule has 2 aromatic carbocycles. The van der Waals surface area contributed by atoms with Crippen molar-refractivity contribution in [1.29, 1.82) is 0 Å². The van der Waals surface area contributed by atoms with Crippen LogP contribution in [0.2, 0.25) is 5.02 Å². The molecule has 2 aromatic rings. The molecule has 270 valence electrons. The number of carbonyl (C=O) groups excluding carboxylic acids is 4. The van der Waals surface area contributed by atoms with Crippen LogP contribution in [0.15, 0.2) is 42.5 Å². The Bertz CT molecular complexity index is 1410. The lowest BCUT2D eigenvalue weighted by Crippen LogP contribution is -2.46. The number of hydrogen-bond donors (Lipinski definition) is 4. The van der Waals surface area contributed by atoms with Crippen molar-refractivity contribution in [2.24, 2.45) is 5.92 Å². The lowest BCUT2D eigenvalue weighted by Gasteiger charge is -2.31. The molecule has 3 rings (SSSR count). The Balaban J connectivity index is 1.98. The van der Waals surface area contributed by atoms with Crippen molar-refractivity contribution in [3.05, 3.63) is 69.7 Å². The van der Waals surface area contributed by atoms with Crippen LogP contribution in [-0.2, 0) is 14.2 Å². The molecule has 0 spiro atoms. The molecule has 2 atom stereocenters. The van der Waals surface area contributed by atoms with Crippen LogP contribution in [0, 0.1) is 5.92 Å². The van der Waals surface area contributed by atoms with Gasteiger partial charge < -0.3 is 40.2 Å². The molecule has 4 amide bonds. The van der Waals surface area contributed by atoms with E-state index in [9.17, 15) is 24.3 Å². The maximum Gasteiger partial charge on any atom is 0.410 e. The van der Waals surface area contributed by atoms with Crippen molar-refractivity contribution in [2.45, 2.75) is 77.0 Å². The molecule has 13 heteroatoms. The van der Waals surface area contributed by atoms with Gasteiger partial charge in [-0.3, -0.25) is 9.59 Å². The normalized spacial score (nSPS) is 14.7. The number of likely N-dealkylation sites (N-methyl/N-ethyl adjacent to an activating group) is 1. The number of nitrogens with zero attached hydrogens (tertiary/aromatic N) is 1. The van der Waals surface area contributed by atoms with Gasteiger partial charge in [0.05, 0.1) is 20.3 Å². The Morgan fingerprint density at radius 1 is 0.959 bits per heavy atom. The number of aliphatic hydroxyl groups excluding tert-OH is 1. The van der Waals surface area contributed by atoms with E-state index in [-0.39, 0.29) is 50.0 Å². The van der Waals surface area contributed by atoms with Gasteiger partial charge in [0.25, 0.3) is 11.8 Å². The van der Waals surface area contributed by atoms with Crippen molar-refractivity contribution in [1.82, 2.24) is 20.9 Å². The number of ether oxygens (including phenoxy) is 3. The van der Waals surface area contributed by atoms with Crippen molar-refractivity contribution in [2.75, 3.05) is 47.0 Å². The predicted molar refractivity (Wildman–Crippen MR) is 187 cm³/mol. The topological polar surface area (TPSA) is 156 Å². The molecule has 0 aromatic heterocycles. The smallest absolute Gasteiger partial charge is 0.410 e. The van der Waals surface area contributed by atoms with Gasteiger partial charge in [-0.1, -0.05) is 55.8 Å². The Morgan fingerprint density at radius 3 is 2.29 bits per heavy atom. The Morgan fingerprint density at radius 2 is 1.65 bits per heavy atom. The van der Waals surface area contributed by atoms with E-state index in [1.165, 1.54) is 24.5 Å². The Kier molecular flexibility index (Phi) is 15.6. The second-order valence-corrected chi connectivity index (χ2v) is 13.8. The molecule has 1 aliphatic carbocycles. The minimum Gasteiger partial charge on any atom is -0.453 e. The summed E-state index contributed by atoms with van der Waals surface area (Å²) in [5.74, 6) is -0.504. The standard InChI is InChI=1S/C36H51ClN4O8/c1-36(2,3)49-35(46)41(4)23-30(18-24-10-7-6-8-11-24)40-33(44)28-20-26(19-27(21-28)32(43)38-14-16-42)31(25-12-9-13-29(37)22-25)48-17-15-39-34(45)47-5/h9,12-13,19-22,24,30-31,42H,6-8,10-11,14-18,23H2,1-5H3,(H,38,43)(H,39,45)(H,40,44)/t30-,31?/m0/s1. The number of halogens is 1. The molecule has 1 aliphatic rings. The molecule has 0 radical (unpaired) electrons. The summed E-state index contributed by atoms with van der Waals surface area (Å²) in [5, 5.41) is 18.2. The number of rotatable bonds is 15. The Labute approximate surface area is 294 Å². The summed E-state index contributed by atoms with van der Waals surface area (Å²) in [6.45, 7) is 5.64. The van der Waals surface area contributed by atoms with Crippen molar-refractivity contribution in [3.8, 4) is 0 Å². The molecule has 12 nitrogen and oxygen atoms in total. The number of aliphatic hydroxyl groups is 1. The highest BCUT2D eigenvalue weighted by Crippen LogP contribution is 2.31. The van der Waals surface area contributed by atoms with Crippen LogP contribution in [0.5, 0.6) is 0 Å². The summed E-state index contributed by atoms with van der Waals surface area (Å²) < 4.78 is 16.4. The largest absolute Gasteiger partial charge is 0.453 e. The van der Waals surface area contributed by atoms with Gasteiger partial charge >= 0.3 is 12.2 Å². The maximum absolute atomic E-state index is 14.1. The number of hydrogen-bond acceptors (Lipinski definition) is 8. The van der Waals surface area contributed by atoms with Gasteiger partial charge in [0.2, 0.25) is 0 Å². The SMILES string of the molecule is COC(=O)NCCOC(c1cccc(Cl)c1)c1cc(C(=O)NCCO)cc(C(=O)N[C@@H](CC2CCCCC2)CN(C)C(=O)OC(C)(C)C)c1. The third-order valence-corrected chi connectivity index (χ3v) is 8.28. The van der Waals surface area contributed by atoms with E-state index in [0.29, 0.717) is 28.5 Å². The van der Waals surface area contributed by atoms with E-state index < -0.39 is 35.7 Å². The van der Waals surface area contributed by atoms with E-state index in [2.05, 4.69) is 20.7 Å². The number of amides is 4. The monoisotopic (exact) mass is 702 g/mol. The number of nitrogens with one attached hydrogen (secondary N) is 3. The maximum atomic E-state index is 14.1. The number of methoxy groups -OCH3 is 1. The van der Waals surface area contributed by atoms with Crippen LogP contribution in [0.3, 0.4) is 0 Å². The highest BCUT2D eigenvalue weighted by Gasteiger charge is 2.27. The highest BCUT2D eigenvalue weighted by molar-refractivity contribution is 6.30. The minimum atomic E-state index is -0.772. The first-order valence-electron chi connectivity index (χ1n) is 16.8. The summed E-state index contributed by atoms with van der Waals surface area (Å²) in [7, 11) is 2.92. The lowest BCUT2D eigenvalue weighted by molar-refractivity contribution is 0.0274. The molecule has 1 saturated carbocycles. The average Bonchev–Trinajstić information content (AvgIpc) is 3.06. The summed E-state index contributed by atoms with van der Waals surface area (Å²) in [5.41, 5.74) is 0.895. The highest BCUT2D eigenvalue weighted by atomic mass is 35.5. The third-order valence-electron chi connectivity index (χ3n) is 8.05. The quantitative estimate of drug-likeness (QED) is 0.178. The van der Waals surface area contributed by atoms with Gasteiger partial charge in [0.15, 0.2) is 0 Å². The van der Waals surface area contributed by atoms with E-state index >= 15 is 0 Å². The molecule has 0 heterocycles. The molecule has 4 N–H and O–H groups in total. The van der Waals surface area contributed by atoms with Crippen molar-refractivity contribution >= 4 is 35.6 Å². The number of benzene rings is 2. The molecule has 49 heavy (non-hydrogen) atoms. The molecular formula is C36H51ClN4O8. The predicted octanol–water partition coefficient (Wildman–Crippen LogP) is 5.46. The molecule has 0 bridgehead atoms. The molecular weight excluding hydrogens is 652 g/mol. The summed E-state index contributed by atoms with van der Waals surface area (Å²) in [4.78, 5) is 53.2. The fourth-order valence-electron chi connectivity index (χ4n) is 5.81. The lowest BCUT2D eigenvalue weighted by atomic mass is 9.84. The zero-order valence-corrected chi connectivity index (χ0v) is 29.9. The minimum absolute atomic E-state index is 0.0263. The molecule has 1 unspecified atom stereocenters. The van der Waals surface area contributed by atoms with Crippen LogP contribution in [-0.4, -0.2) is 92.7 Å². The fourth-order valence-corrected chi connectivity index (χ4v) is 6.01. The second kappa shape index (κ2) is 19.4. The first-order valence-corrected chi connectivity index (χ1v) is 17.1. The number of alkyl carbamates (subject to hydrolysis) is 1. The van der Waals surface area contributed by atoms with Gasteiger partial charge in [-0.15, -0.1) is 0 Å². The molecule has 1 fully saturated rings. The third kappa shape index (κ3) is 13.5. The first-order chi connectivity index (χ1) is 23.3. The van der Waals surface area contributed by atoms with Gasteiger partial charge in [0, 0.05) is 48.9 Å². The average molecular weight is 703 g/mol. The van der Waals surface area contributed by atoms with Crippen LogP contribution in [0.1, 0.15) is 97.2 Å². The zero-order valence-electron chi connectivity index (χ0n) is 29.2.